The summed E-state index contributed by atoms with van der Waals surface area (Å²) < 4.78 is 0. The first kappa shape index (κ1) is 12.9. The van der Waals surface area contributed by atoms with Crippen LogP contribution >= 0.6 is 0 Å². The zero-order chi connectivity index (χ0) is 11.7. The molecule has 6 nitrogen and oxygen atoms in total. The van der Waals surface area contributed by atoms with E-state index >= 15 is 0 Å². The molecule has 0 aromatic carbocycles. The number of aromatic nitrogens is 1. The van der Waals surface area contributed by atoms with Crippen LogP contribution in [0.3, 0.4) is 0 Å². The molecule has 0 unspecified atom stereocenters. The second-order valence-corrected chi connectivity index (χ2v) is 2.54. The van der Waals surface area contributed by atoms with Gasteiger partial charge in [0.05, 0.1) is 12.8 Å². The van der Waals surface area contributed by atoms with E-state index < -0.39 is 11.9 Å². The fraction of sp³-hybridized carbons (Fsp3) is 0.222. The quantitative estimate of drug-likeness (QED) is 0.676. The number of aliphatic carboxylic acids is 2. The van der Waals surface area contributed by atoms with Crippen molar-refractivity contribution >= 4 is 17.8 Å². The number of rotatable bonds is 3. The summed E-state index contributed by atoms with van der Waals surface area (Å²) in [4.78, 5) is 23.0. The van der Waals surface area contributed by atoms with Crippen molar-refractivity contribution < 1.29 is 19.8 Å². The largest absolute Gasteiger partial charge is 0.481 e. The summed E-state index contributed by atoms with van der Waals surface area (Å²) in [5.41, 5.74) is 5.25. The molecular formula is C9H12N2O4. The first-order chi connectivity index (χ1) is 7.02. The lowest BCUT2D eigenvalue weighted by atomic mass is 10.3. The van der Waals surface area contributed by atoms with Crippen LogP contribution in [0.25, 0.3) is 0 Å². The molecule has 1 heterocycles. The molecule has 0 fully saturated rings. The van der Waals surface area contributed by atoms with Crippen LogP contribution in [0, 0.1) is 0 Å². The van der Waals surface area contributed by atoms with Crippen molar-refractivity contribution in [2.75, 3.05) is 5.73 Å². The minimum atomic E-state index is -1.08. The second kappa shape index (κ2) is 7.31. The van der Waals surface area contributed by atoms with Crippen LogP contribution in [0.5, 0.6) is 0 Å². The minimum absolute atomic E-state index is 0.296. The van der Waals surface area contributed by atoms with E-state index in [1.807, 2.05) is 12.1 Å². The Labute approximate surface area is 86.4 Å². The van der Waals surface area contributed by atoms with Crippen LogP contribution in [-0.4, -0.2) is 27.1 Å². The van der Waals surface area contributed by atoms with Gasteiger partial charge in [-0.2, -0.15) is 0 Å². The van der Waals surface area contributed by atoms with Crippen molar-refractivity contribution in [1.29, 1.82) is 0 Å². The van der Waals surface area contributed by atoms with Crippen LogP contribution in [0.15, 0.2) is 24.4 Å². The first-order valence-corrected chi connectivity index (χ1v) is 4.12. The van der Waals surface area contributed by atoms with Gasteiger partial charge in [-0.15, -0.1) is 0 Å². The number of carboxylic acids is 2. The topological polar surface area (TPSA) is 114 Å². The number of carbonyl (C=O) groups is 2. The van der Waals surface area contributed by atoms with E-state index in [2.05, 4.69) is 4.98 Å². The summed E-state index contributed by atoms with van der Waals surface area (Å²) in [7, 11) is 0. The summed E-state index contributed by atoms with van der Waals surface area (Å²) in [5, 5.41) is 15.8. The van der Waals surface area contributed by atoms with Gasteiger partial charge in [-0.05, 0) is 12.1 Å². The third kappa shape index (κ3) is 9.81. The lowest BCUT2D eigenvalue weighted by Gasteiger charge is -1.85. The highest BCUT2D eigenvalue weighted by Gasteiger charge is 2.00. The molecule has 0 bridgehead atoms. The molecule has 4 N–H and O–H groups in total. The highest BCUT2D eigenvalue weighted by atomic mass is 16.4. The number of nitrogens with two attached hydrogens (primary N) is 1. The number of nitrogen functional groups attached to an aromatic ring is 1. The van der Waals surface area contributed by atoms with E-state index in [-0.39, 0.29) is 12.8 Å². The number of anilines is 1. The normalized spacial score (nSPS) is 8.53. The van der Waals surface area contributed by atoms with Crippen molar-refractivity contribution in [3.05, 3.63) is 24.4 Å². The maximum absolute atomic E-state index is 9.64. The molecule has 82 valence electrons. The van der Waals surface area contributed by atoms with Crippen molar-refractivity contribution in [2.24, 2.45) is 0 Å². The van der Waals surface area contributed by atoms with Gasteiger partial charge in [0.1, 0.15) is 5.82 Å². The van der Waals surface area contributed by atoms with Gasteiger partial charge in [-0.3, -0.25) is 9.59 Å². The average molecular weight is 212 g/mol. The molecule has 0 amide bonds. The highest BCUT2D eigenvalue weighted by molar-refractivity contribution is 5.75. The number of pyridine rings is 1. The van der Waals surface area contributed by atoms with E-state index in [1.54, 1.807) is 12.3 Å². The SMILES string of the molecule is Nc1ccccn1.O=C(O)CCC(=O)O. The van der Waals surface area contributed by atoms with Crippen LogP contribution in [0.2, 0.25) is 0 Å². The molecule has 0 aliphatic rings. The van der Waals surface area contributed by atoms with E-state index in [0.29, 0.717) is 5.82 Å². The minimum Gasteiger partial charge on any atom is -0.481 e. The third-order valence-corrected chi connectivity index (χ3v) is 1.24. The van der Waals surface area contributed by atoms with Crippen molar-refractivity contribution in [2.45, 2.75) is 12.8 Å². The molecule has 1 aromatic rings. The molecule has 1 rings (SSSR count). The number of carboxylic acid groups (broad SMARTS) is 2. The Balaban J connectivity index is 0.000000262. The summed E-state index contributed by atoms with van der Waals surface area (Å²) in [6.07, 6.45) is 1.07. The predicted molar refractivity (Wildman–Crippen MR) is 53.2 cm³/mol. The van der Waals surface area contributed by atoms with Gasteiger partial charge in [0, 0.05) is 6.20 Å². The summed E-state index contributed by atoms with van der Waals surface area (Å²) >= 11 is 0. The predicted octanol–water partition coefficient (Wildman–Crippen LogP) is 0.600. The molecule has 0 saturated heterocycles. The van der Waals surface area contributed by atoms with Crippen LogP contribution in [-0.2, 0) is 9.59 Å². The molecule has 1 aromatic heterocycles. The fourth-order valence-corrected chi connectivity index (χ4v) is 0.590. The summed E-state index contributed by atoms with van der Waals surface area (Å²) in [5.74, 6) is -1.58. The molecule has 0 saturated carbocycles. The fourth-order valence-electron chi connectivity index (χ4n) is 0.590. The van der Waals surface area contributed by atoms with Crippen molar-refractivity contribution in [3.63, 3.8) is 0 Å². The monoisotopic (exact) mass is 212 g/mol. The van der Waals surface area contributed by atoms with E-state index in [0.717, 1.165) is 0 Å². The van der Waals surface area contributed by atoms with Gasteiger partial charge in [0.25, 0.3) is 0 Å². The zero-order valence-corrected chi connectivity index (χ0v) is 7.96. The maximum Gasteiger partial charge on any atom is 0.303 e. The molecule has 0 spiro atoms. The molecule has 0 aliphatic heterocycles. The van der Waals surface area contributed by atoms with Crippen molar-refractivity contribution in [3.8, 4) is 0 Å². The number of hydrogen-bond donors (Lipinski definition) is 3. The van der Waals surface area contributed by atoms with Crippen LogP contribution in [0.4, 0.5) is 5.82 Å². The highest BCUT2D eigenvalue weighted by Crippen LogP contribution is 1.89. The standard InChI is InChI=1S/C5H6N2.C4H6O4/c6-5-3-1-2-4-7-5;5-3(6)1-2-4(7)8/h1-4H,(H2,6,7);1-2H2,(H,5,6)(H,7,8). The lowest BCUT2D eigenvalue weighted by molar-refractivity contribution is -0.143. The summed E-state index contributed by atoms with van der Waals surface area (Å²) in [6, 6.07) is 5.43. The molecule has 0 aliphatic carbocycles. The molecule has 0 radical (unpaired) electrons. The Kier molecular flexibility index (Phi) is 6.28. The molecule has 6 heteroatoms. The zero-order valence-electron chi connectivity index (χ0n) is 7.96. The van der Waals surface area contributed by atoms with Gasteiger partial charge in [0.15, 0.2) is 0 Å². The Morgan fingerprint density at radius 3 is 1.93 bits per heavy atom. The van der Waals surface area contributed by atoms with Gasteiger partial charge < -0.3 is 15.9 Å². The summed E-state index contributed by atoms with van der Waals surface area (Å²) in [6.45, 7) is 0. The smallest absolute Gasteiger partial charge is 0.303 e. The van der Waals surface area contributed by atoms with Gasteiger partial charge in [-0.25, -0.2) is 4.98 Å². The number of nitrogens with zero attached hydrogens (tertiary/aromatic N) is 1. The Morgan fingerprint density at radius 1 is 1.20 bits per heavy atom. The lowest BCUT2D eigenvalue weighted by Crippen LogP contribution is -2.00. The van der Waals surface area contributed by atoms with E-state index in [4.69, 9.17) is 15.9 Å². The molecular weight excluding hydrogens is 200 g/mol. The Morgan fingerprint density at radius 2 is 1.73 bits per heavy atom. The third-order valence-electron chi connectivity index (χ3n) is 1.24. The molecule has 15 heavy (non-hydrogen) atoms. The first-order valence-electron chi connectivity index (χ1n) is 4.12. The van der Waals surface area contributed by atoms with Crippen LogP contribution in [0.1, 0.15) is 12.8 Å². The van der Waals surface area contributed by atoms with Gasteiger partial charge >= 0.3 is 11.9 Å². The second-order valence-electron chi connectivity index (χ2n) is 2.54. The van der Waals surface area contributed by atoms with Gasteiger partial charge in [0.2, 0.25) is 0 Å². The maximum atomic E-state index is 9.64. The average Bonchev–Trinajstić information content (AvgIpc) is 2.17. The van der Waals surface area contributed by atoms with Crippen molar-refractivity contribution in [1.82, 2.24) is 4.98 Å². The van der Waals surface area contributed by atoms with E-state index in [1.165, 1.54) is 0 Å². The number of hydrogen-bond acceptors (Lipinski definition) is 4. The Hall–Kier alpha value is -2.11. The van der Waals surface area contributed by atoms with Gasteiger partial charge in [-0.1, -0.05) is 6.07 Å². The molecule has 0 atom stereocenters. The Bertz CT molecular complexity index is 299. The van der Waals surface area contributed by atoms with Crippen LogP contribution < -0.4 is 5.73 Å². The van der Waals surface area contributed by atoms with E-state index in [9.17, 15) is 9.59 Å².